The van der Waals surface area contributed by atoms with E-state index >= 15 is 0 Å². The maximum atomic E-state index is 11.0. The van der Waals surface area contributed by atoms with Gasteiger partial charge in [0.1, 0.15) is 0 Å². The van der Waals surface area contributed by atoms with Crippen LogP contribution >= 0.6 is 0 Å². The van der Waals surface area contributed by atoms with Crippen molar-refractivity contribution in [2.75, 3.05) is 6.61 Å². The number of hydrogen-bond acceptors (Lipinski definition) is 2. The Labute approximate surface area is 199 Å². The third-order valence-corrected chi connectivity index (χ3v) is 7.97. The van der Waals surface area contributed by atoms with Crippen LogP contribution in [0.25, 0.3) is 0 Å². The van der Waals surface area contributed by atoms with Gasteiger partial charge in [-0.15, -0.1) is 0 Å². The number of rotatable bonds is 7. The second-order valence-electron chi connectivity index (χ2n) is 9.88. The molecule has 0 fully saturated rings. The van der Waals surface area contributed by atoms with Crippen molar-refractivity contribution < 1.29 is 14.6 Å². The van der Waals surface area contributed by atoms with Crippen molar-refractivity contribution in [2.24, 2.45) is 0 Å². The van der Waals surface area contributed by atoms with Crippen molar-refractivity contribution in [3.8, 4) is 16.5 Å². The van der Waals surface area contributed by atoms with Gasteiger partial charge in [-0.2, -0.15) is 0 Å². The van der Waals surface area contributed by atoms with Gasteiger partial charge in [-0.1, -0.05) is 0 Å². The molecule has 2 aromatic carbocycles. The van der Waals surface area contributed by atoms with Crippen molar-refractivity contribution in [1.82, 2.24) is 0 Å². The van der Waals surface area contributed by atoms with Crippen molar-refractivity contribution in [2.45, 2.75) is 77.6 Å². The maximum absolute atomic E-state index is 11.0. The molecule has 0 saturated carbocycles. The molecule has 32 heavy (non-hydrogen) atoms. The first-order chi connectivity index (χ1) is 15.1. The molecule has 0 unspecified atom stereocenters. The van der Waals surface area contributed by atoms with E-state index in [9.17, 15) is 4.79 Å². The number of carboxylic acids is 1. The van der Waals surface area contributed by atoms with Crippen LogP contribution in [0.5, 0.6) is 5.75 Å². The molecule has 1 N–H and O–H groups in total. The number of ether oxygens (including phenoxy) is 1. The van der Waals surface area contributed by atoms with Crippen LogP contribution < -0.4 is 9.20 Å². The molecule has 0 spiro atoms. The molecule has 170 valence electrons. The van der Waals surface area contributed by atoms with E-state index in [1.807, 2.05) is 0 Å². The van der Waals surface area contributed by atoms with Crippen molar-refractivity contribution in [3.63, 3.8) is 0 Å². The zero-order chi connectivity index (χ0) is 23.4. The van der Waals surface area contributed by atoms with Gasteiger partial charge in [-0.3, -0.25) is 0 Å². The minimum absolute atomic E-state index is 0.0573. The second kappa shape index (κ2) is 10.2. The summed E-state index contributed by atoms with van der Waals surface area (Å²) in [6.07, 6.45) is 5.78. The SMILES string of the molecule is CCCCCOc1cc2c(cc1[Se]C#Cc1ccc(C(=O)O)cc1)C(C)(C)CCC2(C)C. The van der Waals surface area contributed by atoms with E-state index in [1.165, 1.54) is 41.3 Å². The van der Waals surface area contributed by atoms with Crippen LogP contribution in [0.1, 0.15) is 93.8 Å². The molecule has 0 atom stereocenters. The first-order valence-corrected chi connectivity index (χ1v) is 13.2. The van der Waals surface area contributed by atoms with Gasteiger partial charge in [0, 0.05) is 0 Å². The molecule has 0 bridgehead atoms. The molecule has 0 radical (unpaired) electrons. The first kappa shape index (κ1) is 24.4. The van der Waals surface area contributed by atoms with E-state index in [2.05, 4.69) is 57.5 Å². The zero-order valence-corrected chi connectivity index (χ0v) is 21.6. The summed E-state index contributed by atoms with van der Waals surface area (Å²) < 4.78 is 7.50. The van der Waals surface area contributed by atoms with E-state index in [0.29, 0.717) is 0 Å². The molecule has 0 aromatic heterocycles. The normalized spacial score (nSPS) is 15.9. The van der Waals surface area contributed by atoms with Crippen LogP contribution in [0.3, 0.4) is 0 Å². The number of aromatic carboxylic acids is 1. The summed E-state index contributed by atoms with van der Waals surface area (Å²) in [6.45, 7) is 12.3. The second-order valence-corrected chi connectivity index (χ2v) is 11.7. The molecule has 1 aliphatic carbocycles. The summed E-state index contributed by atoms with van der Waals surface area (Å²) in [6, 6.07) is 11.4. The zero-order valence-electron chi connectivity index (χ0n) is 19.9. The average molecular weight is 498 g/mol. The summed E-state index contributed by atoms with van der Waals surface area (Å²) in [5, 5.41) is 9.06. The molecule has 0 aliphatic heterocycles. The number of unbranched alkanes of at least 4 members (excludes halogenated alkanes) is 2. The Morgan fingerprint density at radius 1 is 1.03 bits per heavy atom. The van der Waals surface area contributed by atoms with Crippen molar-refractivity contribution in [3.05, 3.63) is 58.7 Å². The Bertz CT molecular complexity index is 1020. The summed E-state index contributed by atoms with van der Waals surface area (Å²) in [5.74, 6) is 3.28. The summed E-state index contributed by atoms with van der Waals surface area (Å²) in [7, 11) is 0. The van der Waals surface area contributed by atoms with Crippen molar-refractivity contribution in [1.29, 1.82) is 0 Å². The molecule has 0 saturated heterocycles. The van der Waals surface area contributed by atoms with E-state index in [4.69, 9.17) is 9.84 Å². The van der Waals surface area contributed by atoms with Crippen LogP contribution in [-0.4, -0.2) is 32.6 Å². The number of fused-ring (bicyclic) bond motifs is 1. The third kappa shape index (κ3) is 5.77. The quantitative estimate of drug-likeness (QED) is 0.306. The minimum atomic E-state index is -0.918. The number of hydrogen-bond donors (Lipinski definition) is 1. The molecule has 3 rings (SSSR count). The molecule has 2 aromatic rings. The predicted molar refractivity (Wildman–Crippen MR) is 132 cm³/mol. The Balaban J connectivity index is 1.91. The third-order valence-electron chi connectivity index (χ3n) is 6.41. The monoisotopic (exact) mass is 498 g/mol. The molecule has 0 amide bonds. The van der Waals surface area contributed by atoms with Gasteiger partial charge in [-0.05, 0) is 0 Å². The van der Waals surface area contributed by atoms with Gasteiger partial charge in [-0.25, -0.2) is 0 Å². The van der Waals surface area contributed by atoms with Gasteiger partial charge in [0.2, 0.25) is 0 Å². The molecule has 1 aliphatic rings. The summed E-state index contributed by atoms with van der Waals surface area (Å²) in [5.41, 5.74) is 4.26. The number of carboxylic acid groups (broad SMARTS) is 1. The van der Waals surface area contributed by atoms with Gasteiger partial charge in [0.25, 0.3) is 0 Å². The van der Waals surface area contributed by atoms with Crippen LogP contribution in [0, 0.1) is 10.7 Å². The summed E-state index contributed by atoms with van der Waals surface area (Å²) >= 11 is -0.0573. The van der Waals surface area contributed by atoms with E-state index < -0.39 is 5.97 Å². The average Bonchev–Trinajstić information content (AvgIpc) is 2.75. The Hall–Kier alpha value is -2.21. The Kier molecular flexibility index (Phi) is 7.75. The van der Waals surface area contributed by atoms with E-state index in [0.717, 1.165) is 24.3 Å². The van der Waals surface area contributed by atoms with Crippen LogP contribution in [0.2, 0.25) is 0 Å². The Morgan fingerprint density at radius 2 is 1.66 bits per heavy atom. The predicted octanol–water partition coefficient (Wildman–Crippen LogP) is 5.64. The Morgan fingerprint density at radius 3 is 2.25 bits per heavy atom. The van der Waals surface area contributed by atoms with Crippen molar-refractivity contribution >= 4 is 25.4 Å². The number of benzene rings is 2. The van der Waals surface area contributed by atoms with Gasteiger partial charge < -0.3 is 0 Å². The van der Waals surface area contributed by atoms with Gasteiger partial charge >= 0.3 is 199 Å². The molecule has 0 heterocycles. The fraction of sp³-hybridized carbons (Fsp3) is 0.464. The van der Waals surface area contributed by atoms with Crippen LogP contribution in [0.15, 0.2) is 36.4 Å². The molecule has 3 nitrogen and oxygen atoms in total. The standard InChI is InChI=1S/C28H34O3Se/c1-6-7-8-16-31-24-18-22-23(28(4,5)15-14-27(22,2)3)19-25(24)32-17-13-20-9-11-21(12-10-20)26(29)30/h9-12,18-19H,6-8,14-16H2,1-5H3,(H,29,30). The first-order valence-electron chi connectivity index (χ1n) is 11.5. The van der Waals surface area contributed by atoms with Gasteiger partial charge in [0.15, 0.2) is 0 Å². The molecular weight excluding hydrogens is 463 g/mol. The number of carbonyl (C=O) groups is 1. The van der Waals surface area contributed by atoms with E-state index in [1.54, 1.807) is 24.3 Å². The molecule has 4 heteroatoms. The van der Waals surface area contributed by atoms with Gasteiger partial charge in [0.05, 0.1) is 0 Å². The summed E-state index contributed by atoms with van der Waals surface area (Å²) in [4.78, 5) is 14.4. The fourth-order valence-electron chi connectivity index (χ4n) is 4.14. The van der Waals surface area contributed by atoms with Crippen LogP contribution in [0.4, 0.5) is 0 Å². The fourth-order valence-corrected chi connectivity index (χ4v) is 5.55. The van der Waals surface area contributed by atoms with E-state index in [-0.39, 0.29) is 31.4 Å². The van der Waals surface area contributed by atoms with Crippen LogP contribution in [-0.2, 0) is 10.8 Å². The molecular formula is C28H34O3Se. The topological polar surface area (TPSA) is 46.5 Å².